The van der Waals surface area contributed by atoms with Gasteiger partial charge in [-0.1, -0.05) is 27.7 Å². The molecule has 1 heterocycles. The molecule has 1 aromatic rings. The van der Waals surface area contributed by atoms with Gasteiger partial charge in [-0.2, -0.15) is 0 Å². The second kappa shape index (κ2) is 5.65. The molecule has 0 aliphatic carbocycles. The highest BCUT2D eigenvalue weighted by Crippen LogP contribution is 2.39. The molecule has 3 heteroatoms. The second-order valence-electron chi connectivity index (χ2n) is 5.36. The van der Waals surface area contributed by atoms with Gasteiger partial charge in [-0.25, -0.2) is 0 Å². The van der Waals surface area contributed by atoms with E-state index in [0.29, 0.717) is 6.04 Å². The van der Waals surface area contributed by atoms with E-state index in [1.165, 1.54) is 20.6 Å². The van der Waals surface area contributed by atoms with E-state index >= 15 is 0 Å². The minimum absolute atomic E-state index is 0.256. The number of nitrogens with one attached hydrogen (secondary N) is 1. The van der Waals surface area contributed by atoms with Crippen molar-refractivity contribution in [2.24, 2.45) is 5.41 Å². The summed E-state index contributed by atoms with van der Waals surface area (Å²) in [5.74, 6) is 0. The van der Waals surface area contributed by atoms with Crippen LogP contribution in [0.1, 0.15) is 50.6 Å². The van der Waals surface area contributed by atoms with Crippen molar-refractivity contribution in [3.63, 3.8) is 0 Å². The Hall–Kier alpha value is 0.140. The number of aryl methyl sites for hydroxylation is 1. The fraction of sp³-hybridized carbons (Fsp3) is 0.692. The zero-order valence-corrected chi connectivity index (χ0v) is 13.3. The monoisotopic (exact) mass is 303 g/mol. The van der Waals surface area contributed by atoms with Crippen LogP contribution in [0.2, 0.25) is 0 Å². The Labute approximate surface area is 112 Å². The Kier molecular flexibility index (Phi) is 5.02. The molecule has 1 nitrogen and oxygen atoms in total. The molecule has 0 bridgehead atoms. The van der Waals surface area contributed by atoms with Gasteiger partial charge in [0.25, 0.3) is 0 Å². The zero-order valence-electron chi connectivity index (χ0n) is 10.9. The predicted octanol–water partition coefficient (Wildman–Crippen LogP) is 4.91. The molecule has 92 valence electrons. The number of hydrogen-bond acceptors (Lipinski definition) is 2. The van der Waals surface area contributed by atoms with Gasteiger partial charge in [0.15, 0.2) is 0 Å². The summed E-state index contributed by atoms with van der Waals surface area (Å²) in [6, 6.07) is 2.75. The van der Waals surface area contributed by atoms with Crippen molar-refractivity contribution in [3.8, 4) is 0 Å². The topological polar surface area (TPSA) is 12.0 Å². The lowest BCUT2D eigenvalue weighted by Crippen LogP contribution is -2.32. The Morgan fingerprint density at radius 3 is 2.44 bits per heavy atom. The van der Waals surface area contributed by atoms with E-state index in [1.807, 2.05) is 11.3 Å². The predicted molar refractivity (Wildman–Crippen MR) is 77.2 cm³/mol. The Morgan fingerprint density at radius 2 is 2.06 bits per heavy atom. The molecule has 1 N–H and O–H groups in total. The summed E-state index contributed by atoms with van der Waals surface area (Å²) >= 11 is 5.46. The van der Waals surface area contributed by atoms with E-state index in [-0.39, 0.29) is 5.41 Å². The molecular formula is C13H22BrNS. The minimum Gasteiger partial charge on any atom is -0.309 e. The van der Waals surface area contributed by atoms with Crippen LogP contribution >= 0.6 is 27.3 Å². The summed E-state index contributed by atoms with van der Waals surface area (Å²) in [6.45, 7) is 12.3. The van der Waals surface area contributed by atoms with Crippen LogP contribution in [-0.2, 0) is 0 Å². The lowest BCUT2D eigenvalue weighted by Gasteiger charge is -2.31. The van der Waals surface area contributed by atoms with Crippen LogP contribution in [0.15, 0.2) is 9.85 Å². The third-order valence-electron chi connectivity index (χ3n) is 2.63. The van der Waals surface area contributed by atoms with Gasteiger partial charge in [0.1, 0.15) is 0 Å². The van der Waals surface area contributed by atoms with Gasteiger partial charge in [0.2, 0.25) is 0 Å². The standard InChI is InChI=1S/C13H22BrNS/c1-6-7-15-11(13(3,4)5)10-8-9(2)12(14)16-10/h8,11,15H,6-7H2,1-5H3. The summed E-state index contributed by atoms with van der Waals surface area (Å²) in [7, 11) is 0. The average Bonchev–Trinajstić information content (AvgIpc) is 2.45. The Balaban J connectivity index is 2.92. The quantitative estimate of drug-likeness (QED) is 0.833. The number of thiophene rings is 1. The van der Waals surface area contributed by atoms with Gasteiger partial charge in [0, 0.05) is 10.9 Å². The molecule has 0 spiro atoms. The minimum atomic E-state index is 0.256. The van der Waals surface area contributed by atoms with Crippen molar-refractivity contribution in [2.45, 2.75) is 47.1 Å². The molecule has 16 heavy (non-hydrogen) atoms. The molecule has 1 atom stereocenters. The molecule has 1 aromatic heterocycles. The van der Waals surface area contributed by atoms with E-state index in [1.54, 1.807) is 0 Å². The summed E-state index contributed by atoms with van der Waals surface area (Å²) in [5.41, 5.74) is 1.60. The first-order valence-corrected chi connectivity index (χ1v) is 7.46. The van der Waals surface area contributed by atoms with Crippen molar-refractivity contribution >= 4 is 27.3 Å². The number of halogens is 1. The molecule has 1 unspecified atom stereocenters. The van der Waals surface area contributed by atoms with Crippen molar-refractivity contribution in [1.29, 1.82) is 0 Å². The third-order valence-corrected chi connectivity index (χ3v) is 4.83. The van der Waals surface area contributed by atoms with E-state index in [9.17, 15) is 0 Å². The molecule has 0 amide bonds. The average molecular weight is 304 g/mol. The molecule has 0 saturated carbocycles. The molecule has 0 aliphatic heterocycles. The lowest BCUT2D eigenvalue weighted by atomic mass is 9.85. The summed E-state index contributed by atoms with van der Waals surface area (Å²) in [4.78, 5) is 1.44. The molecule has 0 aromatic carbocycles. The van der Waals surface area contributed by atoms with Crippen molar-refractivity contribution in [3.05, 3.63) is 20.3 Å². The molecule has 0 aliphatic rings. The molecule has 0 fully saturated rings. The van der Waals surface area contributed by atoms with E-state index in [4.69, 9.17) is 0 Å². The Bertz CT molecular complexity index is 319. The molecule has 1 rings (SSSR count). The molecule has 0 radical (unpaired) electrons. The Morgan fingerprint density at radius 1 is 1.44 bits per heavy atom. The van der Waals surface area contributed by atoms with Crippen LogP contribution in [0.4, 0.5) is 0 Å². The SMILES string of the molecule is CCCNC(c1cc(C)c(Br)s1)C(C)(C)C. The van der Waals surface area contributed by atoms with E-state index in [0.717, 1.165) is 6.54 Å². The van der Waals surface area contributed by atoms with Gasteiger partial charge < -0.3 is 5.32 Å². The highest BCUT2D eigenvalue weighted by molar-refractivity contribution is 9.11. The van der Waals surface area contributed by atoms with Crippen molar-refractivity contribution in [1.82, 2.24) is 5.32 Å². The highest BCUT2D eigenvalue weighted by atomic mass is 79.9. The highest BCUT2D eigenvalue weighted by Gasteiger charge is 2.27. The number of rotatable bonds is 4. The maximum absolute atomic E-state index is 3.66. The first-order valence-electron chi connectivity index (χ1n) is 5.85. The smallest absolute Gasteiger partial charge is 0.0731 e. The maximum atomic E-state index is 3.66. The number of hydrogen-bond donors (Lipinski definition) is 1. The normalized spacial score (nSPS) is 14.1. The van der Waals surface area contributed by atoms with Crippen LogP contribution in [0.25, 0.3) is 0 Å². The summed E-state index contributed by atoms with van der Waals surface area (Å²) < 4.78 is 1.26. The van der Waals surface area contributed by atoms with Crippen LogP contribution in [0.5, 0.6) is 0 Å². The van der Waals surface area contributed by atoms with Crippen molar-refractivity contribution < 1.29 is 0 Å². The molecule has 0 saturated heterocycles. The van der Waals surface area contributed by atoms with Gasteiger partial charge in [-0.05, 0) is 52.9 Å². The second-order valence-corrected chi connectivity index (χ2v) is 7.76. The van der Waals surface area contributed by atoms with Gasteiger partial charge in [0.05, 0.1) is 3.79 Å². The fourth-order valence-corrected chi connectivity index (χ4v) is 3.64. The van der Waals surface area contributed by atoms with E-state index in [2.05, 4.69) is 61.9 Å². The summed E-state index contributed by atoms with van der Waals surface area (Å²) in [5, 5.41) is 3.66. The van der Waals surface area contributed by atoms with E-state index < -0.39 is 0 Å². The first kappa shape index (κ1) is 14.2. The maximum Gasteiger partial charge on any atom is 0.0731 e. The van der Waals surface area contributed by atoms with Crippen LogP contribution in [0, 0.1) is 12.3 Å². The van der Waals surface area contributed by atoms with Crippen LogP contribution in [0.3, 0.4) is 0 Å². The van der Waals surface area contributed by atoms with Crippen LogP contribution in [-0.4, -0.2) is 6.54 Å². The summed E-state index contributed by atoms with van der Waals surface area (Å²) in [6.07, 6.45) is 1.18. The fourth-order valence-electron chi connectivity index (χ4n) is 1.75. The third kappa shape index (κ3) is 3.57. The zero-order chi connectivity index (χ0) is 12.3. The lowest BCUT2D eigenvalue weighted by molar-refractivity contribution is 0.277. The van der Waals surface area contributed by atoms with Crippen molar-refractivity contribution in [2.75, 3.05) is 6.54 Å². The first-order chi connectivity index (χ1) is 7.36. The largest absolute Gasteiger partial charge is 0.309 e. The van der Waals surface area contributed by atoms with Gasteiger partial charge >= 0.3 is 0 Å². The van der Waals surface area contributed by atoms with Gasteiger partial charge in [-0.3, -0.25) is 0 Å². The van der Waals surface area contributed by atoms with Gasteiger partial charge in [-0.15, -0.1) is 11.3 Å². The van der Waals surface area contributed by atoms with Crippen LogP contribution < -0.4 is 5.32 Å². The molecular weight excluding hydrogens is 282 g/mol.